The minimum absolute atomic E-state index is 0.0896. The zero-order valence-corrected chi connectivity index (χ0v) is 19.5. The zero-order chi connectivity index (χ0) is 22.7. The Labute approximate surface area is 199 Å². The van der Waals surface area contributed by atoms with Crippen LogP contribution in [0.15, 0.2) is 76.7 Å². The van der Waals surface area contributed by atoms with Gasteiger partial charge >= 0.3 is 0 Å². The molecule has 5 nitrogen and oxygen atoms in total. The first kappa shape index (κ1) is 22.4. The van der Waals surface area contributed by atoms with Crippen molar-refractivity contribution in [3.63, 3.8) is 0 Å². The van der Waals surface area contributed by atoms with Gasteiger partial charge in [-0.1, -0.05) is 65.3 Å². The Kier molecular flexibility index (Phi) is 6.84. The molecule has 8 heteroatoms. The lowest BCUT2D eigenvalue weighted by Crippen LogP contribution is -2.25. The first-order valence-corrected chi connectivity index (χ1v) is 11.6. The van der Waals surface area contributed by atoms with Crippen molar-refractivity contribution in [1.29, 1.82) is 0 Å². The average Bonchev–Trinajstić information content (AvgIpc) is 2.78. The highest BCUT2D eigenvalue weighted by atomic mass is 35.5. The van der Waals surface area contributed by atoms with E-state index >= 15 is 0 Å². The van der Waals surface area contributed by atoms with Crippen molar-refractivity contribution in [2.24, 2.45) is 0 Å². The minimum Gasteiger partial charge on any atom is -0.325 e. The fraction of sp³-hybridized carbons (Fsp3) is 0.125. The summed E-state index contributed by atoms with van der Waals surface area (Å²) in [5, 5.41) is 5.04. The predicted molar refractivity (Wildman–Crippen MR) is 132 cm³/mol. The average molecular weight is 484 g/mol. The van der Waals surface area contributed by atoms with Crippen LogP contribution in [0.1, 0.15) is 11.1 Å². The molecule has 4 rings (SSSR count). The van der Waals surface area contributed by atoms with E-state index in [2.05, 4.69) is 10.3 Å². The molecule has 3 aromatic carbocycles. The molecule has 0 bridgehead atoms. The second-order valence-corrected chi connectivity index (χ2v) is 8.97. The largest absolute Gasteiger partial charge is 0.325 e. The molecule has 1 aromatic heterocycles. The Bertz CT molecular complexity index is 1370. The van der Waals surface area contributed by atoms with Crippen molar-refractivity contribution in [3.8, 4) is 0 Å². The molecule has 162 valence electrons. The second-order valence-electron chi connectivity index (χ2n) is 7.18. The van der Waals surface area contributed by atoms with E-state index in [4.69, 9.17) is 23.2 Å². The summed E-state index contributed by atoms with van der Waals surface area (Å²) in [6.45, 7) is 2.15. The van der Waals surface area contributed by atoms with Gasteiger partial charge in [0.1, 0.15) is 0 Å². The first-order chi connectivity index (χ1) is 15.4. The van der Waals surface area contributed by atoms with E-state index in [0.717, 1.165) is 11.1 Å². The van der Waals surface area contributed by atoms with Crippen LogP contribution >= 0.6 is 35.0 Å². The number of rotatable bonds is 6. The lowest BCUT2D eigenvalue weighted by molar-refractivity contribution is -0.113. The number of thioether (sulfide) groups is 1. The van der Waals surface area contributed by atoms with Gasteiger partial charge in [-0.25, -0.2) is 4.98 Å². The SMILES string of the molecule is Cc1c(Cl)cccc1NC(=O)CSc1nc2ccccc2c(=O)n1Cc1cccc(Cl)c1. The van der Waals surface area contributed by atoms with E-state index in [9.17, 15) is 9.59 Å². The maximum Gasteiger partial charge on any atom is 0.262 e. The number of aromatic nitrogens is 2. The van der Waals surface area contributed by atoms with Crippen molar-refractivity contribution >= 4 is 57.5 Å². The van der Waals surface area contributed by atoms with Gasteiger partial charge in [-0.2, -0.15) is 0 Å². The van der Waals surface area contributed by atoms with Crippen molar-refractivity contribution in [3.05, 3.63) is 98.3 Å². The molecule has 0 saturated heterocycles. The number of nitrogens with one attached hydrogen (secondary N) is 1. The quantitative estimate of drug-likeness (QED) is 0.278. The Balaban J connectivity index is 1.62. The highest BCUT2D eigenvalue weighted by molar-refractivity contribution is 7.99. The van der Waals surface area contributed by atoms with Gasteiger partial charge in [0.2, 0.25) is 5.91 Å². The Morgan fingerprint density at radius 1 is 1.06 bits per heavy atom. The maximum atomic E-state index is 13.2. The molecule has 0 unspecified atom stereocenters. The number of halogens is 2. The summed E-state index contributed by atoms with van der Waals surface area (Å²) < 4.78 is 1.58. The summed E-state index contributed by atoms with van der Waals surface area (Å²) >= 11 is 13.5. The number of hydrogen-bond donors (Lipinski definition) is 1. The van der Waals surface area contributed by atoms with Crippen LogP contribution in [0.2, 0.25) is 10.0 Å². The fourth-order valence-corrected chi connectivity index (χ4v) is 4.46. The van der Waals surface area contributed by atoms with E-state index in [1.54, 1.807) is 41.0 Å². The van der Waals surface area contributed by atoms with Gasteiger partial charge in [0.05, 0.1) is 23.2 Å². The maximum absolute atomic E-state index is 13.2. The summed E-state index contributed by atoms with van der Waals surface area (Å²) in [4.78, 5) is 30.5. The molecular weight excluding hydrogens is 465 g/mol. The van der Waals surface area contributed by atoms with Crippen LogP contribution in [0.5, 0.6) is 0 Å². The topological polar surface area (TPSA) is 64.0 Å². The summed E-state index contributed by atoms with van der Waals surface area (Å²) in [5.74, 6) is -0.121. The minimum atomic E-state index is -0.211. The van der Waals surface area contributed by atoms with Gasteiger partial charge in [-0.3, -0.25) is 14.2 Å². The Morgan fingerprint density at radius 2 is 1.84 bits per heavy atom. The number of carbonyl (C=O) groups excluding carboxylic acids is 1. The zero-order valence-electron chi connectivity index (χ0n) is 17.1. The number of hydrogen-bond acceptors (Lipinski definition) is 4. The molecule has 1 heterocycles. The number of nitrogens with zero attached hydrogens (tertiary/aromatic N) is 2. The summed E-state index contributed by atoms with van der Waals surface area (Å²) in [7, 11) is 0. The highest BCUT2D eigenvalue weighted by Crippen LogP contribution is 2.24. The third-order valence-electron chi connectivity index (χ3n) is 4.93. The van der Waals surface area contributed by atoms with Crippen LogP contribution in [-0.2, 0) is 11.3 Å². The molecule has 0 spiro atoms. The van der Waals surface area contributed by atoms with Crippen LogP contribution in [-0.4, -0.2) is 21.2 Å². The van der Waals surface area contributed by atoms with Crippen LogP contribution < -0.4 is 10.9 Å². The van der Waals surface area contributed by atoms with E-state index in [0.29, 0.717) is 38.3 Å². The lowest BCUT2D eigenvalue weighted by Gasteiger charge is -2.14. The number of carbonyl (C=O) groups is 1. The van der Waals surface area contributed by atoms with Crippen LogP contribution in [0.25, 0.3) is 10.9 Å². The number of anilines is 1. The van der Waals surface area contributed by atoms with E-state index in [-0.39, 0.29) is 17.2 Å². The third-order valence-corrected chi connectivity index (χ3v) is 6.55. The molecule has 0 radical (unpaired) electrons. The fourth-order valence-electron chi connectivity index (χ4n) is 3.27. The molecule has 0 aliphatic rings. The summed E-state index contributed by atoms with van der Waals surface area (Å²) in [6.07, 6.45) is 0. The molecule has 0 fully saturated rings. The van der Waals surface area contributed by atoms with Gasteiger partial charge < -0.3 is 5.32 Å². The van der Waals surface area contributed by atoms with Gasteiger partial charge in [-0.15, -0.1) is 0 Å². The molecule has 0 aliphatic carbocycles. The van der Waals surface area contributed by atoms with Crippen molar-refractivity contribution in [2.45, 2.75) is 18.6 Å². The Hall–Kier alpha value is -2.80. The van der Waals surface area contributed by atoms with Gasteiger partial charge in [-0.05, 0) is 54.4 Å². The molecule has 1 amide bonds. The molecular formula is C24H19Cl2N3O2S. The van der Waals surface area contributed by atoms with E-state index < -0.39 is 0 Å². The number of amides is 1. The molecule has 0 aliphatic heterocycles. The van der Waals surface area contributed by atoms with Gasteiger partial charge in [0.15, 0.2) is 5.16 Å². The number of fused-ring (bicyclic) bond motifs is 1. The monoisotopic (exact) mass is 483 g/mol. The smallest absolute Gasteiger partial charge is 0.262 e. The normalized spacial score (nSPS) is 11.0. The molecule has 4 aromatic rings. The molecule has 32 heavy (non-hydrogen) atoms. The van der Waals surface area contributed by atoms with Gasteiger partial charge in [0, 0.05) is 15.7 Å². The molecule has 1 N–H and O–H groups in total. The second kappa shape index (κ2) is 9.77. The van der Waals surface area contributed by atoms with Crippen LogP contribution in [0.3, 0.4) is 0 Å². The van der Waals surface area contributed by atoms with Gasteiger partial charge in [0.25, 0.3) is 5.56 Å². The summed E-state index contributed by atoms with van der Waals surface area (Å²) in [5.41, 5.74) is 2.76. The summed E-state index contributed by atoms with van der Waals surface area (Å²) in [6, 6.07) is 19.9. The molecule has 0 saturated carbocycles. The van der Waals surface area contributed by atoms with Crippen LogP contribution in [0.4, 0.5) is 5.69 Å². The molecule has 0 atom stereocenters. The lowest BCUT2D eigenvalue weighted by atomic mass is 10.2. The number of benzene rings is 3. The highest BCUT2D eigenvalue weighted by Gasteiger charge is 2.15. The van der Waals surface area contributed by atoms with Crippen LogP contribution in [0, 0.1) is 6.92 Å². The van der Waals surface area contributed by atoms with Crippen molar-refractivity contribution in [1.82, 2.24) is 9.55 Å². The predicted octanol–water partition coefficient (Wildman–Crippen LogP) is 5.79. The van der Waals surface area contributed by atoms with E-state index in [1.165, 1.54) is 11.8 Å². The third kappa shape index (κ3) is 4.99. The Morgan fingerprint density at radius 3 is 2.66 bits per heavy atom. The number of para-hydroxylation sites is 1. The van der Waals surface area contributed by atoms with E-state index in [1.807, 2.05) is 37.3 Å². The van der Waals surface area contributed by atoms with Crippen molar-refractivity contribution in [2.75, 3.05) is 11.1 Å². The van der Waals surface area contributed by atoms with Crippen molar-refractivity contribution < 1.29 is 4.79 Å². The first-order valence-electron chi connectivity index (χ1n) is 9.84. The standard InChI is InChI=1S/C24H19Cl2N3O2S/c1-15-19(26)9-5-11-20(15)27-22(30)14-32-24-28-21-10-3-2-8-18(21)23(31)29(24)13-16-6-4-7-17(25)12-16/h2-12H,13-14H2,1H3,(H,27,30).